The topological polar surface area (TPSA) is 63.9 Å². The Morgan fingerprint density at radius 3 is 2.82 bits per heavy atom. The van der Waals surface area contributed by atoms with Crippen molar-refractivity contribution in [3.63, 3.8) is 0 Å². The number of carbonyl (C=O) groups excluding carboxylic acids is 1. The molecular weight excluding hydrogens is 218 g/mol. The first-order chi connectivity index (χ1) is 8.15. The van der Waals surface area contributed by atoms with E-state index in [4.69, 9.17) is 0 Å². The summed E-state index contributed by atoms with van der Waals surface area (Å²) in [4.78, 5) is 14.8. The molecule has 17 heavy (non-hydrogen) atoms. The quantitative estimate of drug-likeness (QED) is 0.712. The van der Waals surface area contributed by atoms with Gasteiger partial charge in [0.05, 0.1) is 7.05 Å². The van der Waals surface area contributed by atoms with Gasteiger partial charge in [-0.3, -0.25) is 4.79 Å². The van der Waals surface area contributed by atoms with E-state index in [1.165, 1.54) is 4.80 Å². The number of carbonyl (C=O) groups is 1. The van der Waals surface area contributed by atoms with Gasteiger partial charge in [0.1, 0.15) is 0 Å². The standard InChI is InChI=1S/C11H11N5O/c1-15-6-8-5-7(3-4-9(8)11(15)17)10-12-14-16(2)13-10/h3-5H,6H2,1-2H3. The molecule has 2 aromatic rings. The molecule has 0 fully saturated rings. The molecule has 1 aromatic heterocycles. The number of benzene rings is 1. The van der Waals surface area contributed by atoms with Gasteiger partial charge in [0, 0.05) is 24.7 Å². The third-order valence-electron chi connectivity index (χ3n) is 2.86. The monoisotopic (exact) mass is 229 g/mol. The number of aryl methyl sites for hydroxylation is 1. The molecule has 2 heterocycles. The summed E-state index contributed by atoms with van der Waals surface area (Å²) in [6.45, 7) is 0.641. The first-order valence-electron chi connectivity index (χ1n) is 5.28. The molecule has 0 aliphatic carbocycles. The van der Waals surface area contributed by atoms with Gasteiger partial charge in [-0.2, -0.15) is 4.80 Å². The van der Waals surface area contributed by atoms with Crippen LogP contribution < -0.4 is 0 Å². The van der Waals surface area contributed by atoms with Gasteiger partial charge in [-0.25, -0.2) is 0 Å². The fourth-order valence-electron chi connectivity index (χ4n) is 2.00. The average molecular weight is 229 g/mol. The van der Waals surface area contributed by atoms with E-state index in [-0.39, 0.29) is 5.91 Å². The van der Waals surface area contributed by atoms with Crippen LogP contribution in [0, 0.1) is 0 Å². The maximum atomic E-state index is 11.7. The Bertz CT molecular complexity index is 604. The Morgan fingerprint density at radius 2 is 2.12 bits per heavy atom. The normalized spacial score (nSPS) is 14.2. The van der Waals surface area contributed by atoms with Gasteiger partial charge < -0.3 is 4.90 Å². The van der Waals surface area contributed by atoms with Crippen molar-refractivity contribution in [3.8, 4) is 11.4 Å². The predicted octanol–water partition coefficient (Wildman–Crippen LogP) is 0.463. The Kier molecular flexibility index (Phi) is 1.98. The van der Waals surface area contributed by atoms with Gasteiger partial charge in [-0.05, 0) is 22.9 Å². The van der Waals surface area contributed by atoms with E-state index in [2.05, 4.69) is 15.4 Å². The summed E-state index contributed by atoms with van der Waals surface area (Å²) >= 11 is 0. The van der Waals surface area contributed by atoms with Crippen molar-refractivity contribution in [3.05, 3.63) is 29.3 Å². The third kappa shape index (κ3) is 1.49. The molecule has 6 nitrogen and oxygen atoms in total. The zero-order chi connectivity index (χ0) is 12.0. The molecule has 1 amide bonds. The smallest absolute Gasteiger partial charge is 0.254 e. The van der Waals surface area contributed by atoms with Crippen molar-refractivity contribution < 1.29 is 4.79 Å². The van der Waals surface area contributed by atoms with E-state index >= 15 is 0 Å². The maximum absolute atomic E-state index is 11.7. The highest BCUT2D eigenvalue weighted by atomic mass is 16.2. The highest BCUT2D eigenvalue weighted by Gasteiger charge is 2.24. The Labute approximate surface area is 97.8 Å². The van der Waals surface area contributed by atoms with Crippen molar-refractivity contribution in [1.82, 2.24) is 25.1 Å². The second-order valence-electron chi connectivity index (χ2n) is 4.14. The molecule has 1 aliphatic rings. The summed E-state index contributed by atoms with van der Waals surface area (Å²) in [6.07, 6.45) is 0. The summed E-state index contributed by atoms with van der Waals surface area (Å²) in [7, 11) is 3.52. The van der Waals surface area contributed by atoms with Crippen LogP contribution in [0.4, 0.5) is 0 Å². The third-order valence-corrected chi connectivity index (χ3v) is 2.86. The molecule has 0 atom stereocenters. The summed E-state index contributed by atoms with van der Waals surface area (Å²) < 4.78 is 0. The number of hydrogen-bond acceptors (Lipinski definition) is 4. The predicted molar refractivity (Wildman–Crippen MR) is 60.0 cm³/mol. The molecule has 0 radical (unpaired) electrons. The van der Waals surface area contributed by atoms with E-state index < -0.39 is 0 Å². The van der Waals surface area contributed by atoms with Crippen molar-refractivity contribution >= 4 is 5.91 Å². The largest absolute Gasteiger partial charge is 0.337 e. The van der Waals surface area contributed by atoms with Gasteiger partial charge in [0.2, 0.25) is 5.82 Å². The molecule has 1 aromatic carbocycles. The number of aromatic nitrogens is 4. The molecule has 1 aliphatic heterocycles. The minimum absolute atomic E-state index is 0.0682. The summed E-state index contributed by atoms with van der Waals surface area (Å²) in [5, 5.41) is 11.9. The van der Waals surface area contributed by atoms with E-state index in [1.807, 2.05) is 18.2 Å². The lowest BCUT2D eigenvalue weighted by Gasteiger charge is -2.04. The Hall–Kier alpha value is -2.24. The first-order valence-corrected chi connectivity index (χ1v) is 5.28. The summed E-state index contributed by atoms with van der Waals surface area (Å²) in [6, 6.07) is 5.63. The fourth-order valence-corrected chi connectivity index (χ4v) is 2.00. The maximum Gasteiger partial charge on any atom is 0.254 e. The summed E-state index contributed by atoms with van der Waals surface area (Å²) in [5.74, 6) is 0.649. The van der Waals surface area contributed by atoms with Crippen LogP contribution in [0.1, 0.15) is 15.9 Å². The fraction of sp³-hybridized carbons (Fsp3) is 0.273. The Morgan fingerprint density at radius 1 is 1.29 bits per heavy atom. The molecule has 0 unspecified atom stereocenters. The molecule has 3 rings (SSSR count). The lowest BCUT2D eigenvalue weighted by atomic mass is 10.1. The van der Waals surface area contributed by atoms with Gasteiger partial charge >= 0.3 is 0 Å². The number of amides is 1. The van der Waals surface area contributed by atoms with Crippen LogP contribution in [0.15, 0.2) is 18.2 Å². The molecular formula is C11H11N5O. The lowest BCUT2D eigenvalue weighted by Crippen LogP contribution is -2.17. The van der Waals surface area contributed by atoms with Gasteiger partial charge in [-0.15, -0.1) is 10.2 Å². The number of fused-ring (bicyclic) bond motifs is 1. The number of hydrogen-bond donors (Lipinski definition) is 0. The number of tetrazole rings is 1. The van der Waals surface area contributed by atoms with Gasteiger partial charge in [0.25, 0.3) is 5.91 Å². The van der Waals surface area contributed by atoms with Crippen LogP contribution in [-0.4, -0.2) is 38.1 Å². The molecule has 6 heteroatoms. The number of nitrogens with zero attached hydrogens (tertiary/aromatic N) is 5. The van der Waals surface area contributed by atoms with Crippen LogP contribution in [0.5, 0.6) is 0 Å². The highest BCUT2D eigenvalue weighted by molar-refractivity contribution is 5.98. The zero-order valence-corrected chi connectivity index (χ0v) is 9.58. The van der Waals surface area contributed by atoms with Gasteiger partial charge in [-0.1, -0.05) is 6.07 Å². The average Bonchev–Trinajstić information content (AvgIpc) is 2.85. The molecule has 0 saturated carbocycles. The van der Waals surface area contributed by atoms with Crippen molar-refractivity contribution in [2.75, 3.05) is 7.05 Å². The van der Waals surface area contributed by atoms with Crippen LogP contribution in [-0.2, 0) is 13.6 Å². The molecule has 0 spiro atoms. The van der Waals surface area contributed by atoms with E-state index in [1.54, 1.807) is 19.0 Å². The van der Waals surface area contributed by atoms with Crippen LogP contribution in [0.25, 0.3) is 11.4 Å². The highest BCUT2D eigenvalue weighted by Crippen LogP contribution is 2.25. The van der Waals surface area contributed by atoms with Gasteiger partial charge in [0.15, 0.2) is 0 Å². The Balaban J connectivity index is 2.06. The zero-order valence-electron chi connectivity index (χ0n) is 9.58. The van der Waals surface area contributed by atoms with E-state index in [9.17, 15) is 4.79 Å². The minimum atomic E-state index is 0.0682. The molecule has 86 valence electrons. The minimum Gasteiger partial charge on any atom is -0.337 e. The summed E-state index contributed by atoms with van der Waals surface area (Å²) in [5.41, 5.74) is 2.67. The molecule has 0 N–H and O–H groups in total. The van der Waals surface area contributed by atoms with Crippen molar-refractivity contribution in [2.24, 2.45) is 7.05 Å². The SMILES string of the molecule is CN1Cc2cc(-c3nnn(C)n3)ccc2C1=O. The van der Waals surface area contributed by atoms with Crippen LogP contribution >= 0.6 is 0 Å². The van der Waals surface area contributed by atoms with E-state index in [0.29, 0.717) is 12.4 Å². The molecule has 0 saturated heterocycles. The molecule has 0 bridgehead atoms. The lowest BCUT2D eigenvalue weighted by molar-refractivity contribution is 0.0816. The number of rotatable bonds is 1. The van der Waals surface area contributed by atoms with Crippen LogP contribution in [0.3, 0.4) is 0 Å². The van der Waals surface area contributed by atoms with E-state index in [0.717, 1.165) is 16.7 Å². The van der Waals surface area contributed by atoms with Crippen LogP contribution in [0.2, 0.25) is 0 Å². The second-order valence-corrected chi connectivity index (χ2v) is 4.14. The van der Waals surface area contributed by atoms with Crippen molar-refractivity contribution in [2.45, 2.75) is 6.54 Å². The first kappa shape index (κ1) is 9.95. The second kappa shape index (κ2) is 3.38. The van der Waals surface area contributed by atoms with Crippen molar-refractivity contribution in [1.29, 1.82) is 0 Å².